The summed E-state index contributed by atoms with van der Waals surface area (Å²) >= 11 is 12.2. The molecule has 0 radical (unpaired) electrons. The maximum Gasteiger partial charge on any atom is 0.290 e. The van der Waals surface area contributed by atoms with Gasteiger partial charge in [-0.05, 0) is 89.9 Å². The molecule has 0 spiro atoms. The van der Waals surface area contributed by atoms with Crippen molar-refractivity contribution < 1.29 is 19.1 Å². The first-order valence-electron chi connectivity index (χ1n) is 10.8. The van der Waals surface area contributed by atoms with Crippen LogP contribution >= 0.6 is 23.2 Å². The zero-order valence-electron chi connectivity index (χ0n) is 18.6. The van der Waals surface area contributed by atoms with Gasteiger partial charge in [-0.25, -0.2) is 4.39 Å². The fraction of sp³-hybridized carbons (Fsp3) is 0.308. The van der Waals surface area contributed by atoms with Crippen molar-refractivity contribution >= 4 is 46.4 Å². The van der Waals surface area contributed by atoms with Gasteiger partial charge in [0.15, 0.2) is 0 Å². The monoisotopic (exact) mass is 489 g/mol. The second-order valence-electron chi connectivity index (χ2n) is 8.09. The minimum atomic E-state index is -0.250. The fourth-order valence-corrected chi connectivity index (χ4v) is 5.15. The van der Waals surface area contributed by atoms with Gasteiger partial charge >= 0.3 is 0 Å². The van der Waals surface area contributed by atoms with Gasteiger partial charge in [-0.1, -0.05) is 42.3 Å². The molecule has 33 heavy (non-hydrogen) atoms. The average molecular weight is 490 g/mol. The summed E-state index contributed by atoms with van der Waals surface area (Å²) in [6.07, 6.45) is 2.63. The Morgan fingerprint density at radius 2 is 1.82 bits per heavy atom. The molecule has 3 aromatic carbocycles. The smallest absolute Gasteiger partial charge is 0.290 e. The summed E-state index contributed by atoms with van der Waals surface area (Å²) in [5.41, 5.74) is 4.27. The Morgan fingerprint density at radius 3 is 2.42 bits per heavy atom. The third kappa shape index (κ3) is 5.48. The lowest BCUT2D eigenvalue weighted by Crippen LogP contribution is -2.38. The Balaban J connectivity index is 0.000000968. The van der Waals surface area contributed by atoms with Crippen molar-refractivity contribution in [1.29, 1.82) is 0 Å². The molecule has 0 unspecified atom stereocenters. The van der Waals surface area contributed by atoms with E-state index < -0.39 is 0 Å². The van der Waals surface area contributed by atoms with Crippen molar-refractivity contribution in [3.05, 3.63) is 80.6 Å². The molecule has 0 bridgehead atoms. The van der Waals surface area contributed by atoms with Crippen molar-refractivity contribution in [2.24, 2.45) is 0 Å². The Bertz CT molecular complexity index is 1170. The van der Waals surface area contributed by atoms with Gasteiger partial charge in [0.25, 0.3) is 12.4 Å². The van der Waals surface area contributed by atoms with Crippen LogP contribution in [0, 0.1) is 12.7 Å². The molecule has 1 aliphatic rings. The Morgan fingerprint density at radius 1 is 1.15 bits per heavy atom. The molecule has 1 N–H and O–H groups in total. The molecule has 0 atom stereocenters. The molecule has 4 rings (SSSR count). The predicted molar refractivity (Wildman–Crippen MR) is 131 cm³/mol. The van der Waals surface area contributed by atoms with E-state index in [0.717, 1.165) is 30.0 Å². The second-order valence-corrected chi connectivity index (χ2v) is 8.93. The quantitative estimate of drug-likeness (QED) is 0.408. The van der Waals surface area contributed by atoms with E-state index in [-0.39, 0.29) is 18.2 Å². The predicted octanol–water partition coefficient (Wildman–Crippen LogP) is 6.88. The summed E-state index contributed by atoms with van der Waals surface area (Å²) in [5.74, 6) is 0.0213. The number of carboxylic acid groups (broad SMARTS) is 1. The van der Waals surface area contributed by atoms with E-state index in [2.05, 4.69) is 19.9 Å². The number of hydrogen-bond donors (Lipinski definition) is 1. The van der Waals surface area contributed by atoms with Crippen molar-refractivity contribution in [3.8, 4) is 0 Å². The van der Waals surface area contributed by atoms with Crippen LogP contribution in [-0.2, 0) is 11.2 Å². The summed E-state index contributed by atoms with van der Waals surface area (Å²) < 4.78 is 14.0. The van der Waals surface area contributed by atoms with E-state index in [9.17, 15) is 9.18 Å². The van der Waals surface area contributed by atoms with E-state index in [4.69, 9.17) is 33.1 Å². The standard InChI is InChI=1S/C25H24Cl2FNO.CH2O2/c1-3-16-12-18-4-6-20(28)14-22(18)24(15(16)2)17-8-10-29(11-9-17)25(30)21-7-5-19(26)13-23(21)27;2-1-3/h4-7,12-14,17H,3,8-11H2,1-2H3;1H,(H,2,3). The van der Waals surface area contributed by atoms with Gasteiger partial charge in [0.2, 0.25) is 0 Å². The molecule has 4 nitrogen and oxygen atoms in total. The highest BCUT2D eigenvalue weighted by atomic mass is 35.5. The number of carbonyl (C=O) groups excluding carboxylic acids is 1. The molecule has 0 saturated carbocycles. The molecule has 1 aliphatic heterocycles. The molecule has 1 amide bonds. The number of halogens is 3. The maximum atomic E-state index is 14.0. The van der Waals surface area contributed by atoms with E-state index in [1.54, 1.807) is 24.3 Å². The molecule has 1 fully saturated rings. The SMILES string of the molecule is CCc1cc2ccc(F)cc2c(C2CCN(C(=O)c3ccc(Cl)cc3Cl)CC2)c1C.O=CO. The van der Waals surface area contributed by atoms with Gasteiger partial charge in [-0.3, -0.25) is 9.59 Å². The number of benzene rings is 3. The van der Waals surface area contributed by atoms with E-state index >= 15 is 0 Å². The summed E-state index contributed by atoms with van der Waals surface area (Å²) in [6, 6.07) is 12.2. The third-order valence-corrected chi connectivity index (χ3v) is 6.80. The summed E-state index contributed by atoms with van der Waals surface area (Å²) in [6.45, 7) is 5.34. The minimum Gasteiger partial charge on any atom is -0.483 e. The van der Waals surface area contributed by atoms with Crippen LogP contribution in [0.4, 0.5) is 4.39 Å². The summed E-state index contributed by atoms with van der Waals surface area (Å²) in [5, 5.41) is 9.86. The third-order valence-electron chi connectivity index (χ3n) is 6.25. The number of piperidine rings is 1. The summed E-state index contributed by atoms with van der Waals surface area (Å²) in [7, 11) is 0. The largest absolute Gasteiger partial charge is 0.483 e. The first kappa shape index (κ1) is 25.0. The van der Waals surface area contributed by atoms with E-state index in [1.165, 1.54) is 22.8 Å². The van der Waals surface area contributed by atoms with Crippen LogP contribution in [0.3, 0.4) is 0 Å². The molecular formula is C26H26Cl2FNO3. The first-order valence-corrected chi connectivity index (χ1v) is 11.6. The van der Waals surface area contributed by atoms with Crippen molar-refractivity contribution in [3.63, 3.8) is 0 Å². The molecule has 7 heteroatoms. The molecule has 1 saturated heterocycles. The van der Waals surface area contributed by atoms with E-state index in [0.29, 0.717) is 34.6 Å². The van der Waals surface area contributed by atoms with E-state index in [1.807, 2.05) is 11.0 Å². The van der Waals surface area contributed by atoms with Crippen molar-refractivity contribution in [1.82, 2.24) is 4.90 Å². The number of aryl methyl sites for hydroxylation is 1. The second kappa shape index (κ2) is 11.0. The van der Waals surface area contributed by atoms with Gasteiger partial charge in [0, 0.05) is 18.1 Å². The molecule has 1 heterocycles. The topological polar surface area (TPSA) is 57.6 Å². The number of amides is 1. The molecule has 0 aromatic heterocycles. The minimum absolute atomic E-state index is 0.0648. The first-order chi connectivity index (χ1) is 15.8. The van der Waals surface area contributed by atoms with Crippen molar-refractivity contribution in [2.45, 2.75) is 39.0 Å². The van der Waals surface area contributed by atoms with Gasteiger partial charge in [0.05, 0.1) is 10.6 Å². The number of fused-ring (bicyclic) bond motifs is 1. The summed E-state index contributed by atoms with van der Waals surface area (Å²) in [4.78, 5) is 23.2. The highest BCUT2D eigenvalue weighted by Crippen LogP contribution is 2.38. The molecule has 174 valence electrons. The number of likely N-dealkylation sites (tertiary alicyclic amines) is 1. The van der Waals surface area contributed by atoms with Crippen LogP contribution in [-0.4, -0.2) is 35.5 Å². The zero-order chi connectivity index (χ0) is 24.1. The Kier molecular flexibility index (Phi) is 8.33. The lowest BCUT2D eigenvalue weighted by molar-refractivity contribution is -0.122. The molecular weight excluding hydrogens is 464 g/mol. The van der Waals surface area contributed by atoms with Crippen LogP contribution in [0.25, 0.3) is 10.8 Å². The van der Waals surface area contributed by atoms with Crippen LogP contribution in [0.5, 0.6) is 0 Å². The maximum absolute atomic E-state index is 14.0. The van der Waals surface area contributed by atoms with Crippen LogP contribution in [0.1, 0.15) is 52.7 Å². The normalized spacial score (nSPS) is 14.0. The molecule has 3 aromatic rings. The number of rotatable bonds is 3. The van der Waals surface area contributed by atoms with Crippen molar-refractivity contribution in [2.75, 3.05) is 13.1 Å². The average Bonchev–Trinajstić information content (AvgIpc) is 2.79. The van der Waals surface area contributed by atoms with Crippen LogP contribution in [0.2, 0.25) is 10.0 Å². The Labute approximate surface area is 202 Å². The van der Waals surface area contributed by atoms with Gasteiger partial charge in [0.1, 0.15) is 5.82 Å². The molecule has 0 aliphatic carbocycles. The Hall–Kier alpha value is -2.63. The van der Waals surface area contributed by atoms with Crippen LogP contribution < -0.4 is 0 Å². The zero-order valence-corrected chi connectivity index (χ0v) is 20.1. The highest BCUT2D eigenvalue weighted by molar-refractivity contribution is 6.36. The highest BCUT2D eigenvalue weighted by Gasteiger charge is 2.28. The van der Waals surface area contributed by atoms with Gasteiger partial charge in [-0.2, -0.15) is 0 Å². The number of nitrogens with zero attached hydrogens (tertiary/aromatic N) is 1. The van der Waals surface area contributed by atoms with Crippen LogP contribution in [0.15, 0.2) is 42.5 Å². The number of hydrogen-bond acceptors (Lipinski definition) is 2. The van der Waals surface area contributed by atoms with Gasteiger partial charge < -0.3 is 10.0 Å². The van der Waals surface area contributed by atoms with Gasteiger partial charge in [-0.15, -0.1) is 0 Å². The lowest BCUT2D eigenvalue weighted by atomic mass is 9.81. The number of carbonyl (C=O) groups is 2. The fourth-order valence-electron chi connectivity index (χ4n) is 4.66. The lowest BCUT2D eigenvalue weighted by Gasteiger charge is -2.34.